The molecule has 2 amide bonds. The lowest BCUT2D eigenvalue weighted by molar-refractivity contribution is -0.129. The Kier molecular flexibility index (Phi) is 9.98. The van der Waals surface area contributed by atoms with Gasteiger partial charge in [0.2, 0.25) is 21.8 Å². The van der Waals surface area contributed by atoms with Crippen LogP contribution in [0.4, 0.5) is 0 Å². The Labute approximate surface area is 172 Å². The second kappa shape index (κ2) is 11.4. The first-order valence-electron chi connectivity index (χ1n) is 9.29. The SMILES string of the molecule is CCC(C)NC(=O)C(C)NC(=O)C(CCSC)NS(=O)(=O)c1ccc(C)cc1. The van der Waals surface area contributed by atoms with Crippen molar-refractivity contribution in [1.29, 1.82) is 0 Å². The zero-order valence-corrected chi connectivity index (χ0v) is 18.7. The van der Waals surface area contributed by atoms with Crippen LogP contribution >= 0.6 is 11.8 Å². The molecule has 3 N–H and O–H groups in total. The molecule has 158 valence electrons. The number of carbonyl (C=O) groups excluding carboxylic acids is 2. The summed E-state index contributed by atoms with van der Waals surface area (Å²) >= 11 is 1.51. The van der Waals surface area contributed by atoms with Crippen molar-refractivity contribution in [2.24, 2.45) is 0 Å². The zero-order valence-electron chi connectivity index (χ0n) is 17.1. The predicted molar refractivity (Wildman–Crippen MR) is 114 cm³/mol. The summed E-state index contributed by atoms with van der Waals surface area (Å²) in [5.74, 6) is -0.216. The summed E-state index contributed by atoms with van der Waals surface area (Å²) in [6, 6.07) is 4.69. The maximum atomic E-state index is 12.7. The van der Waals surface area contributed by atoms with Crippen LogP contribution in [0, 0.1) is 6.92 Å². The van der Waals surface area contributed by atoms with E-state index in [0.29, 0.717) is 12.2 Å². The number of benzene rings is 1. The average Bonchev–Trinajstić information content (AvgIpc) is 2.64. The molecule has 0 aliphatic rings. The first-order valence-corrected chi connectivity index (χ1v) is 12.2. The van der Waals surface area contributed by atoms with Crippen molar-refractivity contribution < 1.29 is 18.0 Å². The first-order chi connectivity index (χ1) is 13.1. The highest BCUT2D eigenvalue weighted by Gasteiger charge is 2.27. The van der Waals surface area contributed by atoms with Gasteiger partial charge in [0.1, 0.15) is 12.1 Å². The minimum absolute atomic E-state index is 0.000759. The van der Waals surface area contributed by atoms with Crippen LogP contribution in [0.3, 0.4) is 0 Å². The van der Waals surface area contributed by atoms with Gasteiger partial charge in [-0.05, 0) is 57.8 Å². The van der Waals surface area contributed by atoms with Crippen LogP contribution in [-0.2, 0) is 19.6 Å². The zero-order chi connectivity index (χ0) is 21.3. The van der Waals surface area contributed by atoms with E-state index in [-0.39, 0.29) is 16.8 Å². The summed E-state index contributed by atoms with van der Waals surface area (Å²) in [6.07, 6.45) is 2.97. The van der Waals surface area contributed by atoms with Crippen LogP contribution in [0.5, 0.6) is 0 Å². The number of hydrogen-bond acceptors (Lipinski definition) is 5. The third-order valence-corrected chi connectivity index (χ3v) is 6.44. The van der Waals surface area contributed by atoms with Gasteiger partial charge in [-0.3, -0.25) is 9.59 Å². The number of rotatable bonds is 11. The Morgan fingerprint density at radius 2 is 1.68 bits per heavy atom. The van der Waals surface area contributed by atoms with E-state index < -0.39 is 28.0 Å². The molecular formula is C19H31N3O4S2. The lowest BCUT2D eigenvalue weighted by atomic mass is 10.2. The molecule has 0 fully saturated rings. The van der Waals surface area contributed by atoms with Crippen molar-refractivity contribution in [3.63, 3.8) is 0 Å². The second-order valence-electron chi connectivity index (χ2n) is 6.82. The summed E-state index contributed by atoms with van der Waals surface area (Å²) in [4.78, 5) is 24.9. The Balaban J connectivity index is 2.87. The minimum Gasteiger partial charge on any atom is -0.352 e. The largest absolute Gasteiger partial charge is 0.352 e. The van der Waals surface area contributed by atoms with Gasteiger partial charge in [-0.2, -0.15) is 16.5 Å². The normalized spacial score (nSPS) is 14.8. The molecule has 0 bridgehead atoms. The molecule has 0 spiro atoms. The van der Waals surface area contributed by atoms with Crippen molar-refractivity contribution in [3.8, 4) is 0 Å². The van der Waals surface area contributed by atoms with Crippen LogP contribution in [0.25, 0.3) is 0 Å². The molecule has 3 atom stereocenters. The number of amides is 2. The summed E-state index contributed by atoms with van der Waals surface area (Å²) < 4.78 is 27.8. The topological polar surface area (TPSA) is 104 Å². The standard InChI is InChI=1S/C19H31N3O4S2/c1-6-14(3)20-18(23)15(4)21-19(24)17(11-12-27-5)22-28(25,26)16-9-7-13(2)8-10-16/h7-10,14-15,17,22H,6,11-12H2,1-5H3,(H,20,23)(H,21,24). The van der Waals surface area contributed by atoms with Crippen LogP contribution in [0.2, 0.25) is 0 Å². The molecule has 0 radical (unpaired) electrons. The fraction of sp³-hybridized carbons (Fsp3) is 0.579. The van der Waals surface area contributed by atoms with Gasteiger partial charge in [0.05, 0.1) is 4.90 Å². The van der Waals surface area contributed by atoms with Crippen LogP contribution < -0.4 is 15.4 Å². The van der Waals surface area contributed by atoms with Gasteiger partial charge < -0.3 is 10.6 Å². The average molecular weight is 430 g/mol. The van der Waals surface area contributed by atoms with E-state index in [4.69, 9.17) is 0 Å². The van der Waals surface area contributed by atoms with Crippen molar-refractivity contribution in [3.05, 3.63) is 29.8 Å². The maximum Gasteiger partial charge on any atom is 0.242 e. The van der Waals surface area contributed by atoms with E-state index >= 15 is 0 Å². The lowest BCUT2D eigenvalue weighted by Crippen LogP contribution is -2.53. The molecule has 3 unspecified atom stereocenters. The third kappa shape index (κ3) is 7.81. The van der Waals surface area contributed by atoms with E-state index in [1.54, 1.807) is 19.1 Å². The molecule has 1 aromatic rings. The predicted octanol–water partition coefficient (Wildman–Crippen LogP) is 1.81. The van der Waals surface area contributed by atoms with Crippen molar-refractivity contribution in [2.45, 2.75) is 63.6 Å². The number of thioether (sulfide) groups is 1. The van der Waals surface area contributed by atoms with Gasteiger partial charge in [-0.25, -0.2) is 8.42 Å². The Hall–Kier alpha value is -1.58. The molecule has 28 heavy (non-hydrogen) atoms. The summed E-state index contributed by atoms with van der Waals surface area (Å²) in [5, 5.41) is 5.41. The third-order valence-electron chi connectivity index (χ3n) is 4.31. The fourth-order valence-electron chi connectivity index (χ4n) is 2.30. The minimum atomic E-state index is -3.85. The van der Waals surface area contributed by atoms with Gasteiger partial charge in [0, 0.05) is 6.04 Å². The summed E-state index contributed by atoms with van der Waals surface area (Å²) in [6.45, 7) is 7.27. The van der Waals surface area contributed by atoms with Gasteiger partial charge in [0.15, 0.2) is 0 Å². The van der Waals surface area contributed by atoms with Crippen LogP contribution in [-0.4, -0.2) is 50.4 Å². The van der Waals surface area contributed by atoms with Crippen molar-refractivity contribution in [1.82, 2.24) is 15.4 Å². The fourth-order valence-corrected chi connectivity index (χ4v) is 4.00. The van der Waals surface area contributed by atoms with Crippen molar-refractivity contribution in [2.75, 3.05) is 12.0 Å². The quantitative estimate of drug-likeness (QED) is 0.498. The monoisotopic (exact) mass is 429 g/mol. The molecule has 9 heteroatoms. The molecule has 0 saturated carbocycles. The lowest BCUT2D eigenvalue weighted by Gasteiger charge is -2.22. The smallest absolute Gasteiger partial charge is 0.242 e. The highest BCUT2D eigenvalue weighted by Crippen LogP contribution is 2.12. The molecule has 1 rings (SSSR count). The second-order valence-corrected chi connectivity index (χ2v) is 9.52. The van der Waals surface area contributed by atoms with Gasteiger partial charge >= 0.3 is 0 Å². The van der Waals surface area contributed by atoms with Crippen LogP contribution in [0.1, 0.15) is 39.2 Å². The number of sulfonamides is 1. The molecule has 0 saturated heterocycles. The highest BCUT2D eigenvalue weighted by molar-refractivity contribution is 7.98. The number of aryl methyl sites for hydroxylation is 1. The van der Waals surface area contributed by atoms with E-state index in [9.17, 15) is 18.0 Å². The first kappa shape index (κ1) is 24.5. The van der Waals surface area contributed by atoms with Crippen molar-refractivity contribution >= 4 is 33.6 Å². The summed E-state index contributed by atoms with van der Waals surface area (Å²) in [5.41, 5.74) is 0.941. The Morgan fingerprint density at radius 1 is 1.07 bits per heavy atom. The van der Waals surface area contributed by atoms with E-state index in [1.165, 1.54) is 23.9 Å². The molecule has 0 aromatic heterocycles. The maximum absolute atomic E-state index is 12.7. The number of hydrogen-bond donors (Lipinski definition) is 3. The molecule has 0 heterocycles. The van der Waals surface area contributed by atoms with Gasteiger partial charge in [-0.15, -0.1) is 0 Å². The molecule has 1 aromatic carbocycles. The number of nitrogens with one attached hydrogen (secondary N) is 3. The Morgan fingerprint density at radius 3 is 2.21 bits per heavy atom. The number of carbonyl (C=O) groups is 2. The molecule has 0 aliphatic carbocycles. The van der Waals surface area contributed by atoms with E-state index in [2.05, 4.69) is 15.4 Å². The van der Waals surface area contributed by atoms with Gasteiger partial charge in [0.25, 0.3) is 0 Å². The van der Waals surface area contributed by atoms with Gasteiger partial charge in [-0.1, -0.05) is 24.6 Å². The molecular weight excluding hydrogens is 398 g/mol. The Bertz CT molecular complexity index is 751. The van der Waals surface area contributed by atoms with Crippen LogP contribution in [0.15, 0.2) is 29.2 Å². The van der Waals surface area contributed by atoms with E-state index in [0.717, 1.165) is 12.0 Å². The van der Waals surface area contributed by atoms with E-state index in [1.807, 2.05) is 27.0 Å². The molecule has 7 nitrogen and oxygen atoms in total. The summed E-state index contributed by atoms with van der Waals surface area (Å²) in [7, 11) is -3.85. The molecule has 0 aliphatic heterocycles. The highest BCUT2D eigenvalue weighted by atomic mass is 32.2.